The highest BCUT2D eigenvalue weighted by Gasteiger charge is 2.13. The van der Waals surface area contributed by atoms with Crippen LogP contribution in [0, 0.1) is 18.3 Å². The van der Waals surface area contributed by atoms with Crippen LogP contribution in [0.3, 0.4) is 0 Å². The maximum Gasteiger partial charge on any atom is 0.160 e. The van der Waals surface area contributed by atoms with Gasteiger partial charge in [-0.3, -0.25) is 0 Å². The van der Waals surface area contributed by atoms with Crippen LogP contribution in [0.1, 0.15) is 11.3 Å². The predicted molar refractivity (Wildman–Crippen MR) is 86.2 cm³/mol. The Labute approximate surface area is 129 Å². The lowest BCUT2D eigenvalue weighted by Gasteiger charge is -2.11. The average Bonchev–Trinajstić information content (AvgIpc) is 2.47. The van der Waals surface area contributed by atoms with E-state index >= 15 is 0 Å². The van der Waals surface area contributed by atoms with Crippen molar-refractivity contribution in [3.8, 4) is 17.5 Å². The lowest BCUT2D eigenvalue weighted by molar-refractivity contribution is 0.437. The third-order valence-electron chi connectivity index (χ3n) is 2.98. The molecule has 0 radical (unpaired) electrons. The number of nitriles is 1. The Morgan fingerprint density at radius 1 is 1.19 bits per heavy atom. The van der Waals surface area contributed by atoms with Crippen LogP contribution < -0.4 is 0 Å². The second-order valence-corrected chi connectivity index (χ2v) is 6.03. The van der Waals surface area contributed by atoms with Crippen molar-refractivity contribution in [1.82, 2.24) is 14.9 Å². The zero-order valence-corrected chi connectivity index (χ0v) is 13.3. The smallest absolute Gasteiger partial charge is 0.160 e. The Morgan fingerprint density at radius 3 is 2.52 bits per heavy atom. The van der Waals surface area contributed by atoms with Gasteiger partial charge in [-0.05, 0) is 21.0 Å². The molecule has 4 nitrogen and oxygen atoms in total. The Kier molecular flexibility index (Phi) is 5.32. The van der Waals surface area contributed by atoms with Gasteiger partial charge in [0.15, 0.2) is 5.82 Å². The maximum atomic E-state index is 9.32. The van der Waals surface area contributed by atoms with Crippen molar-refractivity contribution < 1.29 is 0 Å². The molecule has 0 spiro atoms. The second kappa shape index (κ2) is 7.21. The van der Waals surface area contributed by atoms with Crippen molar-refractivity contribution in [2.24, 2.45) is 0 Å². The molecule has 0 aliphatic heterocycles. The lowest BCUT2D eigenvalue weighted by Crippen LogP contribution is -2.15. The number of aromatic nitrogens is 2. The molecule has 0 unspecified atom stereocenters. The van der Waals surface area contributed by atoms with Gasteiger partial charge in [0, 0.05) is 17.9 Å². The standard InChI is InChI=1S/C16H18N4S/c1-12-14(11-17)16(21-10-9-20(2)3)19-15(18-12)13-7-5-4-6-8-13/h4-8H,9-10H2,1-3H3. The highest BCUT2D eigenvalue weighted by molar-refractivity contribution is 7.99. The van der Waals surface area contributed by atoms with Gasteiger partial charge in [0.2, 0.25) is 0 Å². The zero-order valence-electron chi connectivity index (χ0n) is 12.5. The molecule has 5 heteroatoms. The van der Waals surface area contributed by atoms with E-state index in [1.807, 2.05) is 51.4 Å². The SMILES string of the molecule is Cc1nc(-c2ccccc2)nc(SCCN(C)C)c1C#N. The summed E-state index contributed by atoms with van der Waals surface area (Å²) in [6, 6.07) is 12.1. The summed E-state index contributed by atoms with van der Waals surface area (Å²) in [6.45, 7) is 2.81. The Hall–Kier alpha value is -1.90. The molecule has 0 aliphatic rings. The molecule has 0 saturated heterocycles. The molecule has 0 fully saturated rings. The van der Waals surface area contributed by atoms with E-state index in [2.05, 4.69) is 20.9 Å². The quantitative estimate of drug-likeness (QED) is 0.627. The summed E-state index contributed by atoms with van der Waals surface area (Å²) < 4.78 is 0. The van der Waals surface area contributed by atoms with Crippen molar-refractivity contribution in [2.45, 2.75) is 11.9 Å². The minimum absolute atomic E-state index is 0.582. The molecule has 1 aromatic carbocycles. The molecule has 108 valence electrons. The number of hydrogen-bond donors (Lipinski definition) is 0. The number of benzene rings is 1. The molecule has 1 heterocycles. The van der Waals surface area contributed by atoms with Gasteiger partial charge in [-0.25, -0.2) is 9.97 Å². The van der Waals surface area contributed by atoms with Gasteiger partial charge in [0.1, 0.15) is 16.7 Å². The number of nitrogens with zero attached hydrogens (tertiary/aromatic N) is 4. The summed E-state index contributed by atoms with van der Waals surface area (Å²) in [4.78, 5) is 11.2. The van der Waals surface area contributed by atoms with Crippen LogP contribution in [-0.2, 0) is 0 Å². The summed E-state index contributed by atoms with van der Waals surface area (Å²) in [5, 5.41) is 10.1. The minimum atomic E-state index is 0.582. The summed E-state index contributed by atoms with van der Waals surface area (Å²) in [6.07, 6.45) is 0. The van der Waals surface area contributed by atoms with Crippen LogP contribution in [0.5, 0.6) is 0 Å². The van der Waals surface area contributed by atoms with Crippen LogP contribution in [0.4, 0.5) is 0 Å². The second-order valence-electron chi connectivity index (χ2n) is 4.94. The molecule has 2 rings (SSSR count). The third kappa shape index (κ3) is 4.03. The van der Waals surface area contributed by atoms with Crippen LogP contribution in [0.2, 0.25) is 0 Å². The first-order valence-corrected chi connectivity index (χ1v) is 7.72. The summed E-state index contributed by atoms with van der Waals surface area (Å²) in [5.41, 5.74) is 2.29. The van der Waals surface area contributed by atoms with Crippen LogP contribution >= 0.6 is 11.8 Å². The molecular weight excluding hydrogens is 280 g/mol. The van der Waals surface area contributed by atoms with E-state index < -0.39 is 0 Å². The number of hydrogen-bond acceptors (Lipinski definition) is 5. The van der Waals surface area contributed by atoms with Crippen molar-refractivity contribution in [1.29, 1.82) is 5.26 Å². The average molecular weight is 298 g/mol. The molecule has 1 aromatic heterocycles. The first kappa shape index (κ1) is 15.5. The number of thioether (sulfide) groups is 1. The molecule has 0 N–H and O–H groups in total. The van der Waals surface area contributed by atoms with Crippen molar-refractivity contribution >= 4 is 11.8 Å². The zero-order chi connectivity index (χ0) is 15.2. The van der Waals surface area contributed by atoms with Crippen LogP contribution in [-0.4, -0.2) is 41.3 Å². The number of aryl methyl sites for hydroxylation is 1. The molecular formula is C16H18N4S. The molecule has 2 aromatic rings. The van der Waals surface area contributed by atoms with Gasteiger partial charge in [-0.2, -0.15) is 5.26 Å². The highest BCUT2D eigenvalue weighted by atomic mass is 32.2. The normalized spacial score (nSPS) is 10.6. The first-order valence-electron chi connectivity index (χ1n) is 6.73. The Bertz CT molecular complexity index is 647. The van der Waals surface area contributed by atoms with Crippen molar-refractivity contribution in [2.75, 3.05) is 26.4 Å². The van der Waals surface area contributed by atoms with E-state index in [4.69, 9.17) is 0 Å². The van der Waals surface area contributed by atoms with Crippen molar-refractivity contribution in [3.63, 3.8) is 0 Å². The largest absolute Gasteiger partial charge is 0.309 e. The van der Waals surface area contributed by atoms with E-state index in [0.29, 0.717) is 11.4 Å². The fourth-order valence-corrected chi connectivity index (χ4v) is 2.96. The Morgan fingerprint density at radius 2 is 1.90 bits per heavy atom. The molecule has 0 bridgehead atoms. The predicted octanol–water partition coefficient (Wildman–Crippen LogP) is 2.98. The summed E-state index contributed by atoms with van der Waals surface area (Å²) in [5.74, 6) is 1.58. The molecule has 0 amide bonds. The highest BCUT2D eigenvalue weighted by Crippen LogP contribution is 2.25. The van der Waals surface area contributed by atoms with Crippen LogP contribution in [0.25, 0.3) is 11.4 Å². The Balaban J connectivity index is 2.34. The summed E-state index contributed by atoms with van der Waals surface area (Å²) in [7, 11) is 4.07. The van der Waals surface area contributed by atoms with Gasteiger partial charge >= 0.3 is 0 Å². The van der Waals surface area contributed by atoms with Crippen molar-refractivity contribution in [3.05, 3.63) is 41.6 Å². The maximum absolute atomic E-state index is 9.32. The summed E-state index contributed by atoms with van der Waals surface area (Å²) >= 11 is 1.61. The van der Waals surface area contributed by atoms with E-state index in [1.54, 1.807) is 11.8 Å². The van der Waals surface area contributed by atoms with E-state index in [1.165, 1.54) is 0 Å². The molecule has 0 saturated carbocycles. The molecule has 0 aliphatic carbocycles. The first-order chi connectivity index (χ1) is 10.1. The van der Waals surface area contributed by atoms with E-state index in [0.717, 1.165) is 28.6 Å². The van der Waals surface area contributed by atoms with Gasteiger partial charge in [-0.15, -0.1) is 11.8 Å². The lowest BCUT2D eigenvalue weighted by atomic mass is 10.2. The molecule has 0 atom stereocenters. The van der Waals surface area contributed by atoms with Gasteiger partial charge in [0.05, 0.1) is 5.69 Å². The minimum Gasteiger partial charge on any atom is -0.309 e. The van der Waals surface area contributed by atoms with Gasteiger partial charge in [0.25, 0.3) is 0 Å². The number of rotatable bonds is 5. The fraction of sp³-hybridized carbons (Fsp3) is 0.312. The monoisotopic (exact) mass is 298 g/mol. The third-order valence-corrected chi connectivity index (χ3v) is 3.93. The van der Waals surface area contributed by atoms with Crippen LogP contribution in [0.15, 0.2) is 35.4 Å². The molecule has 21 heavy (non-hydrogen) atoms. The van der Waals surface area contributed by atoms with Gasteiger partial charge < -0.3 is 4.90 Å². The van der Waals surface area contributed by atoms with E-state index in [9.17, 15) is 5.26 Å². The fourth-order valence-electron chi connectivity index (χ4n) is 1.82. The topological polar surface area (TPSA) is 52.8 Å². The van der Waals surface area contributed by atoms with Gasteiger partial charge in [-0.1, -0.05) is 30.3 Å². The van der Waals surface area contributed by atoms with E-state index in [-0.39, 0.29) is 0 Å².